The Labute approximate surface area is 166 Å². The quantitative estimate of drug-likeness (QED) is 0.755. The molecule has 0 N–H and O–H groups in total. The summed E-state index contributed by atoms with van der Waals surface area (Å²) in [7, 11) is 0. The van der Waals surface area contributed by atoms with Crippen molar-refractivity contribution in [3.63, 3.8) is 0 Å². The van der Waals surface area contributed by atoms with Gasteiger partial charge in [0.05, 0.1) is 0 Å². The van der Waals surface area contributed by atoms with E-state index >= 15 is 0 Å². The second-order valence-corrected chi connectivity index (χ2v) is 7.09. The molecule has 142 valence electrons. The molecule has 1 aliphatic heterocycles. The summed E-state index contributed by atoms with van der Waals surface area (Å²) in [6, 6.07) is 17.4. The second kappa shape index (κ2) is 9.58. The van der Waals surface area contributed by atoms with Gasteiger partial charge in [-0.25, -0.2) is 0 Å². The molecule has 0 aliphatic carbocycles. The number of amides is 1. The van der Waals surface area contributed by atoms with E-state index in [1.807, 2.05) is 23.1 Å². The topological polar surface area (TPSA) is 32.8 Å². The fourth-order valence-corrected chi connectivity index (χ4v) is 3.20. The molecule has 4 nitrogen and oxygen atoms in total. The molecule has 1 atom stereocenters. The first-order valence-electron chi connectivity index (χ1n) is 9.27. The van der Waals surface area contributed by atoms with Crippen molar-refractivity contribution in [1.29, 1.82) is 0 Å². The zero-order valence-corrected chi connectivity index (χ0v) is 16.3. The molecule has 5 heteroatoms. The van der Waals surface area contributed by atoms with Crippen LogP contribution in [0.5, 0.6) is 5.75 Å². The van der Waals surface area contributed by atoms with E-state index in [2.05, 4.69) is 29.2 Å². The minimum atomic E-state index is -0.504. The van der Waals surface area contributed by atoms with E-state index < -0.39 is 6.10 Å². The van der Waals surface area contributed by atoms with Gasteiger partial charge in [0, 0.05) is 37.7 Å². The number of hydrogen-bond acceptors (Lipinski definition) is 3. The molecular formula is C22H25ClN2O2. The molecular weight excluding hydrogens is 360 g/mol. The number of carbonyl (C=O) groups excluding carboxylic acids is 1. The Morgan fingerprint density at radius 3 is 2.41 bits per heavy atom. The third-order valence-corrected chi connectivity index (χ3v) is 4.88. The van der Waals surface area contributed by atoms with Gasteiger partial charge in [-0.05, 0) is 36.8 Å². The van der Waals surface area contributed by atoms with Crippen molar-refractivity contribution in [1.82, 2.24) is 9.80 Å². The fourth-order valence-electron chi connectivity index (χ4n) is 3.08. The third-order valence-electron chi connectivity index (χ3n) is 4.63. The number of nitrogens with zero attached hydrogens (tertiary/aromatic N) is 2. The number of halogens is 1. The lowest BCUT2D eigenvalue weighted by Gasteiger charge is -2.35. The highest BCUT2D eigenvalue weighted by Gasteiger charge is 2.25. The molecule has 3 rings (SSSR count). The van der Waals surface area contributed by atoms with Crippen LogP contribution in [0.4, 0.5) is 0 Å². The van der Waals surface area contributed by atoms with Gasteiger partial charge in [-0.2, -0.15) is 0 Å². The number of rotatable bonds is 6. The van der Waals surface area contributed by atoms with Crippen molar-refractivity contribution in [3.05, 3.63) is 71.3 Å². The Morgan fingerprint density at radius 2 is 1.74 bits per heavy atom. The smallest absolute Gasteiger partial charge is 0.263 e. The van der Waals surface area contributed by atoms with Gasteiger partial charge in [-0.3, -0.25) is 9.69 Å². The average Bonchev–Trinajstić information content (AvgIpc) is 2.70. The molecule has 0 saturated carbocycles. The van der Waals surface area contributed by atoms with Crippen LogP contribution in [-0.4, -0.2) is 54.5 Å². The van der Waals surface area contributed by atoms with E-state index in [0.29, 0.717) is 10.8 Å². The molecule has 2 aromatic rings. The van der Waals surface area contributed by atoms with Crippen molar-refractivity contribution in [3.8, 4) is 5.75 Å². The predicted molar refractivity (Wildman–Crippen MR) is 110 cm³/mol. The molecule has 0 aromatic heterocycles. The summed E-state index contributed by atoms with van der Waals surface area (Å²) in [5.74, 6) is 0.689. The van der Waals surface area contributed by atoms with Crippen LogP contribution in [0.25, 0.3) is 6.08 Å². The fraction of sp³-hybridized carbons (Fsp3) is 0.318. The average molecular weight is 385 g/mol. The summed E-state index contributed by atoms with van der Waals surface area (Å²) < 4.78 is 5.75. The predicted octanol–water partition coefficient (Wildman–Crippen LogP) is 3.96. The van der Waals surface area contributed by atoms with Crippen molar-refractivity contribution < 1.29 is 9.53 Å². The Morgan fingerprint density at radius 1 is 1.07 bits per heavy atom. The molecule has 27 heavy (non-hydrogen) atoms. The van der Waals surface area contributed by atoms with Crippen molar-refractivity contribution in [2.45, 2.75) is 13.0 Å². The zero-order chi connectivity index (χ0) is 19.1. The van der Waals surface area contributed by atoms with Crippen LogP contribution in [0, 0.1) is 0 Å². The highest BCUT2D eigenvalue weighted by Crippen LogP contribution is 2.17. The molecule has 0 radical (unpaired) electrons. The summed E-state index contributed by atoms with van der Waals surface area (Å²) >= 11 is 5.88. The Hall–Kier alpha value is -2.30. The van der Waals surface area contributed by atoms with Crippen molar-refractivity contribution >= 4 is 23.6 Å². The Bertz CT molecular complexity index is 754. The minimum Gasteiger partial charge on any atom is -0.481 e. The van der Waals surface area contributed by atoms with E-state index in [-0.39, 0.29) is 5.91 Å². The molecule has 0 unspecified atom stereocenters. The van der Waals surface area contributed by atoms with E-state index in [4.69, 9.17) is 16.3 Å². The van der Waals surface area contributed by atoms with Crippen LogP contribution in [0.3, 0.4) is 0 Å². The largest absolute Gasteiger partial charge is 0.481 e. The van der Waals surface area contributed by atoms with Gasteiger partial charge >= 0.3 is 0 Å². The minimum absolute atomic E-state index is 0.0319. The molecule has 1 heterocycles. The molecule has 2 aromatic carbocycles. The lowest BCUT2D eigenvalue weighted by atomic mass is 10.2. The number of carbonyl (C=O) groups is 1. The molecule has 0 spiro atoms. The first-order chi connectivity index (χ1) is 13.1. The Balaban J connectivity index is 1.43. The number of ether oxygens (including phenoxy) is 1. The third kappa shape index (κ3) is 5.84. The van der Waals surface area contributed by atoms with Crippen LogP contribution < -0.4 is 4.74 Å². The standard InChI is InChI=1S/C22H25ClN2O2/c1-18(27-21-11-9-20(23)10-12-21)22(26)25-16-14-24(15-17-25)13-5-8-19-6-3-2-4-7-19/h2-12,18H,13-17H2,1H3/b8-5+/t18-/m0/s1. The van der Waals surface area contributed by atoms with Gasteiger partial charge in [0.1, 0.15) is 5.75 Å². The summed E-state index contributed by atoms with van der Waals surface area (Å²) in [5, 5.41) is 0.652. The normalized spacial score (nSPS) is 16.4. The van der Waals surface area contributed by atoms with Crippen LogP contribution in [0.2, 0.25) is 5.02 Å². The van der Waals surface area contributed by atoms with Crippen molar-refractivity contribution in [2.75, 3.05) is 32.7 Å². The van der Waals surface area contributed by atoms with Crippen LogP contribution in [-0.2, 0) is 4.79 Å². The molecule has 1 fully saturated rings. The maximum Gasteiger partial charge on any atom is 0.263 e. The first kappa shape index (κ1) is 19.5. The van der Waals surface area contributed by atoms with E-state index in [1.54, 1.807) is 31.2 Å². The summed E-state index contributed by atoms with van der Waals surface area (Å²) in [6.07, 6.45) is 3.81. The summed E-state index contributed by atoms with van der Waals surface area (Å²) in [5.41, 5.74) is 1.21. The molecule has 0 bridgehead atoms. The lowest BCUT2D eigenvalue weighted by molar-refractivity contribution is -0.139. The van der Waals surface area contributed by atoms with Gasteiger partial charge in [0.25, 0.3) is 5.91 Å². The number of piperazine rings is 1. The maximum atomic E-state index is 12.6. The number of benzene rings is 2. The van der Waals surface area contributed by atoms with E-state index in [0.717, 1.165) is 32.7 Å². The SMILES string of the molecule is C[C@H](Oc1ccc(Cl)cc1)C(=O)N1CCN(C/C=C/c2ccccc2)CC1. The van der Waals surface area contributed by atoms with Crippen LogP contribution in [0.15, 0.2) is 60.7 Å². The molecule has 1 amide bonds. The summed E-state index contributed by atoms with van der Waals surface area (Å²) in [4.78, 5) is 16.9. The van der Waals surface area contributed by atoms with E-state index in [9.17, 15) is 4.79 Å². The van der Waals surface area contributed by atoms with Crippen molar-refractivity contribution in [2.24, 2.45) is 0 Å². The van der Waals surface area contributed by atoms with Gasteiger partial charge in [-0.1, -0.05) is 54.1 Å². The highest BCUT2D eigenvalue weighted by molar-refractivity contribution is 6.30. The van der Waals surface area contributed by atoms with Gasteiger partial charge in [0.15, 0.2) is 6.10 Å². The van der Waals surface area contributed by atoms with E-state index in [1.165, 1.54) is 5.56 Å². The first-order valence-corrected chi connectivity index (χ1v) is 9.64. The van der Waals surface area contributed by atoms with Crippen LogP contribution >= 0.6 is 11.6 Å². The maximum absolute atomic E-state index is 12.6. The molecule has 1 aliphatic rings. The zero-order valence-electron chi connectivity index (χ0n) is 15.6. The van der Waals surface area contributed by atoms with Gasteiger partial charge < -0.3 is 9.64 Å². The van der Waals surface area contributed by atoms with Gasteiger partial charge in [-0.15, -0.1) is 0 Å². The summed E-state index contributed by atoms with van der Waals surface area (Å²) in [6.45, 7) is 5.90. The Kier molecular flexibility index (Phi) is 6.91. The lowest BCUT2D eigenvalue weighted by Crippen LogP contribution is -2.51. The monoisotopic (exact) mass is 384 g/mol. The molecule has 1 saturated heterocycles. The highest BCUT2D eigenvalue weighted by atomic mass is 35.5. The van der Waals surface area contributed by atoms with Crippen LogP contribution in [0.1, 0.15) is 12.5 Å². The number of hydrogen-bond donors (Lipinski definition) is 0. The second-order valence-electron chi connectivity index (χ2n) is 6.65. The van der Waals surface area contributed by atoms with Gasteiger partial charge in [0.2, 0.25) is 0 Å².